The lowest BCUT2D eigenvalue weighted by Gasteiger charge is -2.45. The van der Waals surface area contributed by atoms with Crippen LogP contribution in [0.4, 0.5) is 0 Å². The number of nitrogens with zero attached hydrogens (tertiary/aromatic N) is 2. The minimum absolute atomic E-state index is 0.0673. The summed E-state index contributed by atoms with van der Waals surface area (Å²) in [5, 5.41) is 1.02. The van der Waals surface area contributed by atoms with Crippen molar-refractivity contribution in [3.8, 4) is 0 Å². The third-order valence-electron chi connectivity index (χ3n) is 7.02. The number of piperidine rings is 2. The normalized spacial score (nSPS) is 22.0. The Labute approximate surface area is 189 Å². The van der Waals surface area contributed by atoms with Gasteiger partial charge in [0.25, 0.3) is 0 Å². The van der Waals surface area contributed by atoms with Gasteiger partial charge in [0, 0.05) is 18.4 Å². The van der Waals surface area contributed by atoms with E-state index in [-0.39, 0.29) is 11.2 Å². The molecule has 3 nitrogen and oxygen atoms in total. The highest BCUT2D eigenvalue weighted by Crippen LogP contribution is 2.63. The van der Waals surface area contributed by atoms with Gasteiger partial charge in [-0.1, -0.05) is 88.2 Å². The number of hydrogen-bond donors (Lipinski definition) is 0. The number of benzene rings is 2. The summed E-state index contributed by atoms with van der Waals surface area (Å²) in [6.45, 7) is 10.7. The average molecular weight is 439 g/mol. The van der Waals surface area contributed by atoms with Crippen LogP contribution in [0.2, 0.25) is 0 Å². The molecule has 4 rings (SSSR count). The van der Waals surface area contributed by atoms with E-state index in [0.717, 1.165) is 44.3 Å². The summed E-state index contributed by atoms with van der Waals surface area (Å²) in [7, 11) is -2.84. The zero-order valence-corrected chi connectivity index (χ0v) is 20.5. The number of likely N-dealkylation sites (tertiary alicyclic amines) is 1. The van der Waals surface area contributed by atoms with Crippen LogP contribution in [0.1, 0.15) is 76.2 Å². The molecule has 2 aliphatic rings. The molecule has 0 aliphatic carbocycles. The Balaban J connectivity index is 1.83. The monoisotopic (exact) mass is 438 g/mol. The molecular weight excluding hydrogens is 399 g/mol. The molecule has 2 aromatic rings. The number of hydrogen-bond acceptors (Lipinski definition) is 2. The molecule has 31 heavy (non-hydrogen) atoms. The van der Waals surface area contributed by atoms with E-state index in [4.69, 9.17) is 0 Å². The molecular formula is C27H39N2OP. The molecule has 168 valence electrons. The summed E-state index contributed by atoms with van der Waals surface area (Å²) in [6.07, 6.45) is 7.22. The lowest BCUT2D eigenvalue weighted by molar-refractivity contribution is 0.198. The molecule has 2 fully saturated rings. The molecule has 0 radical (unpaired) electrons. The van der Waals surface area contributed by atoms with Gasteiger partial charge in [0.15, 0.2) is 7.29 Å². The van der Waals surface area contributed by atoms with Crippen LogP contribution in [0.5, 0.6) is 0 Å². The average Bonchev–Trinajstić information content (AvgIpc) is 2.81. The standard InChI is InChI=1S/C27H39N2OP/c1-27(2,3)24-17-15-23(16-18-24)26(28-19-9-5-10-20-28)31(30,25-13-7-4-8-14-25)29-21-11-6-12-22-29/h4,7-8,13-18,26H,5-6,9-12,19-22H2,1-3H3/t26-,31+/m1/s1. The summed E-state index contributed by atoms with van der Waals surface area (Å²) in [4.78, 5) is 2.54. The quantitative estimate of drug-likeness (QED) is 0.494. The Morgan fingerprint density at radius 3 is 1.84 bits per heavy atom. The first kappa shape index (κ1) is 22.8. The molecule has 2 atom stereocenters. The SMILES string of the molecule is CC(C)(C)c1ccc([C@H](N2CCCCC2)[P@@](=O)(c2ccccc2)N2CCCCC2)cc1. The third kappa shape index (κ3) is 4.85. The highest BCUT2D eigenvalue weighted by molar-refractivity contribution is 7.69. The Hall–Kier alpha value is -1.41. The maximum atomic E-state index is 15.3. The van der Waals surface area contributed by atoms with Crippen LogP contribution in [-0.4, -0.2) is 35.7 Å². The Morgan fingerprint density at radius 1 is 0.742 bits per heavy atom. The molecule has 0 amide bonds. The zero-order valence-electron chi connectivity index (χ0n) is 19.6. The van der Waals surface area contributed by atoms with Gasteiger partial charge in [-0.2, -0.15) is 0 Å². The van der Waals surface area contributed by atoms with E-state index in [1.165, 1.54) is 36.8 Å². The van der Waals surface area contributed by atoms with Crippen molar-refractivity contribution in [2.45, 2.75) is 70.5 Å². The first-order valence-corrected chi connectivity index (χ1v) is 13.9. The molecule has 2 aliphatic heterocycles. The molecule has 4 heteroatoms. The minimum atomic E-state index is -2.84. The maximum Gasteiger partial charge on any atom is 0.199 e. The van der Waals surface area contributed by atoms with Crippen molar-refractivity contribution in [1.82, 2.24) is 9.57 Å². The van der Waals surface area contributed by atoms with Crippen LogP contribution in [0.3, 0.4) is 0 Å². The molecule has 2 heterocycles. The van der Waals surface area contributed by atoms with E-state index in [1.807, 2.05) is 6.07 Å². The Kier molecular flexibility index (Phi) is 7.06. The molecule has 0 bridgehead atoms. The molecule has 0 unspecified atom stereocenters. The largest absolute Gasteiger partial charge is 0.299 e. The van der Waals surface area contributed by atoms with Crippen LogP contribution in [0, 0.1) is 0 Å². The summed E-state index contributed by atoms with van der Waals surface area (Å²) in [5.41, 5.74) is 2.67. The van der Waals surface area contributed by atoms with Crippen molar-refractivity contribution in [1.29, 1.82) is 0 Å². The van der Waals surface area contributed by atoms with Gasteiger partial charge in [0.05, 0.1) is 0 Å². The van der Waals surface area contributed by atoms with Crippen molar-refractivity contribution in [3.05, 3.63) is 65.7 Å². The van der Waals surface area contributed by atoms with E-state index >= 15 is 4.57 Å². The van der Waals surface area contributed by atoms with Gasteiger partial charge in [-0.15, -0.1) is 0 Å². The van der Waals surface area contributed by atoms with Crippen molar-refractivity contribution in [2.75, 3.05) is 26.2 Å². The van der Waals surface area contributed by atoms with E-state index in [2.05, 4.69) is 78.9 Å². The van der Waals surface area contributed by atoms with E-state index in [0.29, 0.717) is 0 Å². The van der Waals surface area contributed by atoms with Gasteiger partial charge in [-0.25, -0.2) is 4.67 Å². The lowest BCUT2D eigenvalue weighted by atomic mass is 9.86. The van der Waals surface area contributed by atoms with Gasteiger partial charge < -0.3 is 0 Å². The fourth-order valence-electron chi connectivity index (χ4n) is 5.23. The predicted octanol–water partition coefficient (Wildman–Crippen LogP) is 6.56. The summed E-state index contributed by atoms with van der Waals surface area (Å²) in [5.74, 6) is -0.0673. The van der Waals surface area contributed by atoms with Gasteiger partial charge in [0.1, 0.15) is 5.78 Å². The first-order valence-electron chi connectivity index (χ1n) is 12.2. The second-order valence-corrected chi connectivity index (χ2v) is 13.1. The molecule has 0 spiro atoms. The minimum Gasteiger partial charge on any atom is -0.299 e. The van der Waals surface area contributed by atoms with Gasteiger partial charge in [-0.3, -0.25) is 9.46 Å². The van der Waals surface area contributed by atoms with Crippen molar-refractivity contribution >= 4 is 12.6 Å². The van der Waals surface area contributed by atoms with Crippen LogP contribution in [0.25, 0.3) is 0 Å². The summed E-state index contributed by atoms with van der Waals surface area (Å²) < 4.78 is 17.7. The maximum absolute atomic E-state index is 15.3. The second kappa shape index (κ2) is 9.61. The molecule has 2 aromatic carbocycles. The second-order valence-electron chi connectivity index (χ2n) is 10.3. The van der Waals surface area contributed by atoms with Crippen molar-refractivity contribution < 1.29 is 4.57 Å². The van der Waals surface area contributed by atoms with E-state index in [9.17, 15) is 0 Å². The fourth-order valence-corrected chi connectivity index (χ4v) is 8.87. The van der Waals surface area contributed by atoms with E-state index < -0.39 is 7.29 Å². The highest BCUT2D eigenvalue weighted by Gasteiger charge is 2.45. The number of rotatable bonds is 5. The molecule has 0 aromatic heterocycles. The Morgan fingerprint density at radius 2 is 1.29 bits per heavy atom. The van der Waals surface area contributed by atoms with Crippen molar-refractivity contribution in [2.24, 2.45) is 0 Å². The van der Waals surface area contributed by atoms with Gasteiger partial charge in [-0.05, 0) is 55.3 Å². The molecule has 0 saturated carbocycles. The van der Waals surface area contributed by atoms with Crippen molar-refractivity contribution in [3.63, 3.8) is 0 Å². The van der Waals surface area contributed by atoms with Gasteiger partial charge >= 0.3 is 0 Å². The summed E-state index contributed by atoms with van der Waals surface area (Å²) in [6, 6.07) is 19.4. The smallest absolute Gasteiger partial charge is 0.199 e. The van der Waals surface area contributed by atoms with Crippen LogP contribution < -0.4 is 5.30 Å². The predicted molar refractivity (Wildman–Crippen MR) is 132 cm³/mol. The Bertz CT molecular complexity index is 876. The highest BCUT2D eigenvalue weighted by atomic mass is 31.2. The first-order chi connectivity index (χ1) is 14.9. The van der Waals surface area contributed by atoms with Crippen LogP contribution in [-0.2, 0) is 9.98 Å². The van der Waals surface area contributed by atoms with Gasteiger partial charge in [0.2, 0.25) is 0 Å². The van der Waals surface area contributed by atoms with E-state index in [1.54, 1.807) is 0 Å². The van der Waals surface area contributed by atoms with Crippen LogP contribution >= 0.6 is 7.29 Å². The zero-order chi connectivity index (χ0) is 21.9. The fraction of sp³-hybridized carbons (Fsp3) is 0.556. The van der Waals surface area contributed by atoms with Crippen LogP contribution in [0.15, 0.2) is 54.6 Å². The lowest BCUT2D eigenvalue weighted by Crippen LogP contribution is -2.41. The summed E-state index contributed by atoms with van der Waals surface area (Å²) >= 11 is 0. The topological polar surface area (TPSA) is 23.6 Å². The molecule has 0 N–H and O–H groups in total. The molecule has 2 saturated heterocycles. The third-order valence-corrected chi connectivity index (χ3v) is 10.6.